The zero-order valence-electron chi connectivity index (χ0n) is 13.6. The second-order valence-electron chi connectivity index (χ2n) is 6.43. The zero-order chi connectivity index (χ0) is 15.2. The summed E-state index contributed by atoms with van der Waals surface area (Å²) < 4.78 is 11.4. The molecule has 2 aliphatic heterocycles. The first-order chi connectivity index (χ1) is 10.8. The van der Waals surface area contributed by atoms with Gasteiger partial charge in [-0.1, -0.05) is 12.1 Å². The molecule has 0 aliphatic carbocycles. The maximum absolute atomic E-state index is 5.82. The number of piperidine rings is 1. The van der Waals surface area contributed by atoms with Crippen molar-refractivity contribution in [1.82, 2.24) is 10.2 Å². The van der Waals surface area contributed by atoms with E-state index in [2.05, 4.69) is 41.5 Å². The smallest absolute Gasteiger partial charge is 0.119 e. The topological polar surface area (TPSA) is 33.7 Å². The molecule has 3 rings (SSSR count). The van der Waals surface area contributed by atoms with Crippen molar-refractivity contribution in [1.29, 1.82) is 0 Å². The third kappa shape index (κ3) is 4.45. The van der Waals surface area contributed by atoms with Crippen LogP contribution >= 0.6 is 0 Å². The van der Waals surface area contributed by atoms with Gasteiger partial charge < -0.3 is 14.8 Å². The van der Waals surface area contributed by atoms with E-state index in [1.54, 1.807) is 0 Å². The Kier molecular flexibility index (Phi) is 5.70. The average Bonchev–Trinajstić information content (AvgIpc) is 3.08. The lowest BCUT2D eigenvalue weighted by Crippen LogP contribution is -2.40. The van der Waals surface area contributed by atoms with Gasteiger partial charge >= 0.3 is 0 Å². The molecule has 2 heterocycles. The molecule has 1 aromatic carbocycles. The van der Waals surface area contributed by atoms with E-state index in [1.807, 2.05) is 0 Å². The van der Waals surface area contributed by atoms with Gasteiger partial charge in [0.1, 0.15) is 12.4 Å². The summed E-state index contributed by atoms with van der Waals surface area (Å²) in [6.07, 6.45) is 5.07. The SMILES string of the molecule is CNC1CCN(Cc2ccc(OCC3CCCO3)cc2)CC1. The molecule has 0 aromatic heterocycles. The van der Waals surface area contributed by atoms with Gasteiger partial charge in [-0.2, -0.15) is 0 Å². The third-order valence-corrected chi connectivity index (χ3v) is 4.79. The molecule has 4 nitrogen and oxygen atoms in total. The second-order valence-corrected chi connectivity index (χ2v) is 6.43. The standard InChI is InChI=1S/C18H28N2O2/c1-19-16-8-10-20(11-9-16)13-15-4-6-17(7-5-15)22-14-18-3-2-12-21-18/h4-7,16,18-19H,2-3,8-14H2,1H3. The Morgan fingerprint density at radius 3 is 2.59 bits per heavy atom. The fourth-order valence-corrected chi connectivity index (χ4v) is 3.29. The van der Waals surface area contributed by atoms with Crippen LogP contribution in [-0.2, 0) is 11.3 Å². The summed E-state index contributed by atoms with van der Waals surface area (Å²) in [6.45, 7) is 4.97. The van der Waals surface area contributed by atoms with Gasteiger partial charge in [-0.3, -0.25) is 4.90 Å². The zero-order valence-corrected chi connectivity index (χ0v) is 13.6. The molecule has 2 saturated heterocycles. The predicted molar refractivity (Wildman–Crippen MR) is 88.3 cm³/mol. The Morgan fingerprint density at radius 1 is 1.18 bits per heavy atom. The van der Waals surface area contributed by atoms with Gasteiger partial charge in [-0.05, 0) is 63.5 Å². The van der Waals surface area contributed by atoms with Crippen molar-refractivity contribution in [2.24, 2.45) is 0 Å². The Morgan fingerprint density at radius 2 is 1.95 bits per heavy atom. The third-order valence-electron chi connectivity index (χ3n) is 4.79. The van der Waals surface area contributed by atoms with Crippen molar-refractivity contribution < 1.29 is 9.47 Å². The van der Waals surface area contributed by atoms with Gasteiger partial charge in [0.05, 0.1) is 6.10 Å². The highest BCUT2D eigenvalue weighted by atomic mass is 16.5. The van der Waals surface area contributed by atoms with E-state index in [0.29, 0.717) is 12.6 Å². The molecular weight excluding hydrogens is 276 g/mol. The van der Waals surface area contributed by atoms with Crippen LogP contribution in [0.3, 0.4) is 0 Å². The van der Waals surface area contributed by atoms with E-state index in [4.69, 9.17) is 9.47 Å². The summed E-state index contributed by atoms with van der Waals surface area (Å²) in [6, 6.07) is 9.25. The number of hydrogen-bond donors (Lipinski definition) is 1. The number of hydrogen-bond acceptors (Lipinski definition) is 4. The molecule has 4 heteroatoms. The average molecular weight is 304 g/mol. The van der Waals surface area contributed by atoms with Crippen LogP contribution in [0.5, 0.6) is 5.75 Å². The van der Waals surface area contributed by atoms with Gasteiger partial charge in [0.25, 0.3) is 0 Å². The van der Waals surface area contributed by atoms with Gasteiger partial charge in [0.15, 0.2) is 0 Å². The molecule has 0 bridgehead atoms. The molecule has 2 fully saturated rings. The Labute approximate surface area is 133 Å². The van der Waals surface area contributed by atoms with E-state index < -0.39 is 0 Å². The molecule has 0 amide bonds. The Bertz CT molecular complexity index is 435. The minimum Gasteiger partial charge on any atom is -0.491 e. The maximum Gasteiger partial charge on any atom is 0.119 e. The fraction of sp³-hybridized carbons (Fsp3) is 0.667. The summed E-state index contributed by atoms with van der Waals surface area (Å²) in [5.41, 5.74) is 1.37. The molecule has 0 radical (unpaired) electrons. The molecule has 0 saturated carbocycles. The molecule has 122 valence electrons. The summed E-state index contributed by atoms with van der Waals surface area (Å²) in [5.74, 6) is 0.952. The van der Waals surface area contributed by atoms with Gasteiger partial charge in [-0.15, -0.1) is 0 Å². The molecule has 2 aliphatic rings. The predicted octanol–water partition coefficient (Wildman–Crippen LogP) is 2.43. The fourth-order valence-electron chi connectivity index (χ4n) is 3.29. The van der Waals surface area contributed by atoms with Crippen LogP contribution in [0.25, 0.3) is 0 Å². The van der Waals surface area contributed by atoms with Crippen molar-refractivity contribution in [3.8, 4) is 5.75 Å². The van der Waals surface area contributed by atoms with E-state index in [-0.39, 0.29) is 6.10 Å². The van der Waals surface area contributed by atoms with E-state index >= 15 is 0 Å². The minimum atomic E-state index is 0.285. The van der Waals surface area contributed by atoms with Gasteiger partial charge in [0, 0.05) is 19.2 Å². The Hall–Kier alpha value is -1.10. The summed E-state index contributed by atoms with van der Waals surface area (Å²) in [5, 5.41) is 3.38. The normalized spacial score (nSPS) is 23.8. The number of nitrogens with zero attached hydrogens (tertiary/aromatic N) is 1. The van der Waals surface area contributed by atoms with Crippen LogP contribution in [0.2, 0.25) is 0 Å². The molecule has 0 spiro atoms. The summed E-state index contributed by atoms with van der Waals surface area (Å²) in [4.78, 5) is 2.54. The molecule has 1 aromatic rings. The van der Waals surface area contributed by atoms with Crippen LogP contribution in [0.1, 0.15) is 31.2 Å². The molecular formula is C18H28N2O2. The highest BCUT2D eigenvalue weighted by Gasteiger charge is 2.18. The molecule has 22 heavy (non-hydrogen) atoms. The molecule has 1 N–H and O–H groups in total. The summed E-state index contributed by atoms with van der Waals surface area (Å²) in [7, 11) is 2.07. The monoisotopic (exact) mass is 304 g/mol. The minimum absolute atomic E-state index is 0.285. The van der Waals surface area contributed by atoms with Gasteiger partial charge in [0.2, 0.25) is 0 Å². The van der Waals surface area contributed by atoms with Crippen molar-refractivity contribution in [2.75, 3.05) is 33.4 Å². The second kappa shape index (κ2) is 7.95. The number of likely N-dealkylation sites (tertiary alicyclic amines) is 1. The lowest BCUT2D eigenvalue weighted by molar-refractivity contribution is 0.0679. The van der Waals surface area contributed by atoms with Crippen LogP contribution in [0, 0.1) is 0 Å². The van der Waals surface area contributed by atoms with Crippen LogP contribution in [-0.4, -0.2) is 50.4 Å². The van der Waals surface area contributed by atoms with Crippen LogP contribution in [0.4, 0.5) is 0 Å². The summed E-state index contributed by atoms with van der Waals surface area (Å²) >= 11 is 0. The lowest BCUT2D eigenvalue weighted by Gasteiger charge is -2.31. The highest BCUT2D eigenvalue weighted by molar-refractivity contribution is 5.27. The number of ether oxygens (including phenoxy) is 2. The molecule has 1 atom stereocenters. The van der Waals surface area contributed by atoms with E-state index in [9.17, 15) is 0 Å². The van der Waals surface area contributed by atoms with Crippen LogP contribution < -0.4 is 10.1 Å². The highest BCUT2D eigenvalue weighted by Crippen LogP contribution is 2.18. The first kappa shape index (κ1) is 15.8. The number of benzene rings is 1. The largest absolute Gasteiger partial charge is 0.491 e. The van der Waals surface area contributed by atoms with E-state index in [1.165, 1.54) is 31.5 Å². The quantitative estimate of drug-likeness (QED) is 0.875. The lowest BCUT2D eigenvalue weighted by atomic mass is 10.0. The maximum atomic E-state index is 5.82. The Balaban J connectivity index is 1.43. The number of nitrogens with one attached hydrogen (secondary N) is 1. The van der Waals surface area contributed by atoms with Gasteiger partial charge in [-0.25, -0.2) is 0 Å². The first-order valence-corrected chi connectivity index (χ1v) is 8.56. The van der Waals surface area contributed by atoms with Crippen molar-refractivity contribution in [2.45, 2.75) is 44.4 Å². The van der Waals surface area contributed by atoms with Crippen LogP contribution in [0.15, 0.2) is 24.3 Å². The first-order valence-electron chi connectivity index (χ1n) is 8.56. The van der Waals surface area contributed by atoms with Crippen molar-refractivity contribution in [3.63, 3.8) is 0 Å². The van der Waals surface area contributed by atoms with Crippen molar-refractivity contribution in [3.05, 3.63) is 29.8 Å². The number of rotatable bonds is 6. The van der Waals surface area contributed by atoms with E-state index in [0.717, 1.165) is 31.7 Å². The molecule has 1 unspecified atom stereocenters. The van der Waals surface area contributed by atoms with Crippen molar-refractivity contribution >= 4 is 0 Å².